The van der Waals surface area contributed by atoms with Gasteiger partial charge in [0.15, 0.2) is 0 Å². The van der Waals surface area contributed by atoms with Crippen molar-refractivity contribution < 1.29 is 8.42 Å². The van der Waals surface area contributed by atoms with E-state index in [4.69, 9.17) is 0 Å². The van der Waals surface area contributed by atoms with E-state index in [1.54, 1.807) is 28.0 Å². The van der Waals surface area contributed by atoms with Crippen LogP contribution in [0.3, 0.4) is 0 Å². The first-order valence-electron chi connectivity index (χ1n) is 9.03. The minimum absolute atomic E-state index is 0.275. The van der Waals surface area contributed by atoms with Gasteiger partial charge in [0.1, 0.15) is 5.69 Å². The molecule has 0 radical (unpaired) electrons. The predicted molar refractivity (Wildman–Crippen MR) is 105 cm³/mol. The van der Waals surface area contributed by atoms with Crippen LogP contribution < -0.4 is 0 Å². The van der Waals surface area contributed by atoms with E-state index in [0.717, 1.165) is 47.0 Å². The van der Waals surface area contributed by atoms with Crippen LogP contribution in [-0.4, -0.2) is 47.0 Å². The molecule has 0 saturated carbocycles. The van der Waals surface area contributed by atoms with Gasteiger partial charge in [0.25, 0.3) is 0 Å². The number of hydrogen-bond donors (Lipinski definition) is 0. The molecule has 0 aromatic carbocycles. The van der Waals surface area contributed by atoms with Crippen molar-refractivity contribution in [1.82, 2.24) is 19.3 Å². The van der Waals surface area contributed by atoms with Crippen LogP contribution >= 0.6 is 11.3 Å². The third-order valence-electron chi connectivity index (χ3n) is 4.58. The average molecular weight is 395 g/mol. The minimum Gasteiger partial charge on any atom is -0.257 e. The van der Waals surface area contributed by atoms with Crippen LogP contribution in [0.5, 0.6) is 0 Å². The maximum Gasteiger partial charge on any atom is 0.211 e. The summed E-state index contributed by atoms with van der Waals surface area (Å²) in [7, 11) is -3.13. The molecule has 1 fully saturated rings. The summed E-state index contributed by atoms with van der Waals surface area (Å²) in [6.07, 6.45) is 10.2. The highest BCUT2D eigenvalue weighted by atomic mass is 32.2. The van der Waals surface area contributed by atoms with Crippen molar-refractivity contribution in [2.45, 2.75) is 39.5 Å². The molecule has 0 spiro atoms. The summed E-state index contributed by atoms with van der Waals surface area (Å²) in [5.41, 5.74) is 1.82. The van der Waals surface area contributed by atoms with E-state index in [9.17, 15) is 8.42 Å². The highest BCUT2D eigenvalue weighted by molar-refractivity contribution is 7.88. The summed E-state index contributed by atoms with van der Waals surface area (Å²) in [5.74, 6) is 0.844. The highest BCUT2D eigenvalue weighted by Crippen LogP contribution is 2.30. The fraction of sp³-hybridized carbons (Fsp3) is 0.611. The summed E-state index contributed by atoms with van der Waals surface area (Å²) >= 11 is 1.68. The Balaban J connectivity index is 1.78. The summed E-state index contributed by atoms with van der Waals surface area (Å²) in [6.45, 7) is 5.56. The maximum atomic E-state index is 11.9. The second-order valence-corrected chi connectivity index (χ2v) is 10.5. The van der Waals surface area contributed by atoms with E-state index in [1.165, 1.54) is 6.26 Å². The zero-order valence-electron chi connectivity index (χ0n) is 15.6. The number of sulfonamides is 1. The monoisotopic (exact) mass is 394 g/mol. The van der Waals surface area contributed by atoms with Gasteiger partial charge in [-0.25, -0.2) is 17.7 Å². The summed E-state index contributed by atoms with van der Waals surface area (Å²) in [5, 5.41) is 1.12. The molecule has 3 rings (SSSR count). The van der Waals surface area contributed by atoms with Crippen LogP contribution in [0.25, 0.3) is 10.6 Å². The van der Waals surface area contributed by atoms with Gasteiger partial charge in [-0.3, -0.25) is 9.97 Å². The normalized spacial score (nSPS) is 19.2. The molecule has 3 heterocycles. The number of aromatic nitrogens is 3. The third-order valence-corrected chi connectivity index (χ3v) is 6.87. The van der Waals surface area contributed by atoms with Gasteiger partial charge in [-0.15, -0.1) is 11.3 Å². The highest BCUT2D eigenvalue weighted by Gasteiger charge is 2.27. The summed E-state index contributed by atoms with van der Waals surface area (Å²) in [4.78, 5) is 14.7. The molecule has 1 aliphatic rings. The molecule has 26 heavy (non-hydrogen) atoms. The molecule has 1 unspecified atom stereocenters. The largest absolute Gasteiger partial charge is 0.257 e. The molecular formula is C18H26N4O2S2. The Morgan fingerprint density at radius 2 is 2.04 bits per heavy atom. The quantitative estimate of drug-likeness (QED) is 0.753. The van der Waals surface area contributed by atoms with Gasteiger partial charge in [-0.05, 0) is 31.1 Å². The van der Waals surface area contributed by atoms with Gasteiger partial charge in [0.05, 0.1) is 21.8 Å². The van der Waals surface area contributed by atoms with Crippen LogP contribution in [0.4, 0.5) is 0 Å². The summed E-state index contributed by atoms with van der Waals surface area (Å²) in [6, 6.07) is 0. The molecule has 0 bridgehead atoms. The Morgan fingerprint density at radius 3 is 2.77 bits per heavy atom. The van der Waals surface area contributed by atoms with Gasteiger partial charge in [-0.2, -0.15) is 0 Å². The van der Waals surface area contributed by atoms with E-state index in [0.29, 0.717) is 19.0 Å². The lowest BCUT2D eigenvalue weighted by Gasteiger charge is -2.30. The lowest BCUT2D eigenvalue weighted by atomic mass is 9.93. The second-order valence-electron chi connectivity index (χ2n) is 7.40. The fourth-order valence-electron chi connectivity index (χ4n) is 3.35. The minimum atomic E-state index is -3.13. The molecule has 8 heteroatoms. The Morgan fingerprint density at radius 1 is 1.27 bits per heavy atom. The Labute approximate surface area is 159 Å². The molecule has 1 saturated heterocycles. The Hall–Kier alpha value is -1.38. The molecular weight excluding hydrogens is 368 g/mol. The molecule has 2 aromatic rings. The van der Waals surface area contributed by atoms with Crippen molar-refractivity contribution in [3.8, 4) is 10.6 Å². The standard InChI is InChI=1S/C18H26N4O2S2/c1-13(2)9-17-21-11-16(25-17)18-15(19-6-7-20-18)10-14-5-4-8-22(12-14)26(3,23)24/h6-7,11,13-14H,4-5,8-10,12H2,1-3H3. The molecule has 142 valence electrons. The molecule has 2 aromatic heterocycles. The fourth-order valence-corrected chi connectivity index (χ4v) is 5.44. The lowest BCUT2D eigenvalue weighted by Crippen LogP contribution is -2.39. The Bertz CT molecular complexity index is 848. The van der Waals surface area contributed by atoms with E-state index in [2.05, 4.69) is 28.8 Å². The summed E-state index contributed by atoms with van der Waals surface area (Å²) < 4.78 is 25.3. The number of rotatable bonds is 6. The molecule has 0 aliphatic carbocycles. The topological polar surface area (TPSA) is 76.1 Å². The molecule has 0 amide bonds. The smallest absolute Gasteiger partial charge is 0.211 e. The second kappa shape index (κ2) is 8.10. The van der Waals surface area contributed by atoms with Crippen LogP contribution in [0.15, 0.2) is 18.6 Å². The number of nitrogens with zero attached hydrogens (tertiary/aromatic N) is 4. The Kier molecular flexibility index (Phi) is 6.04. The zero-order chi connectivity index (χ0) is 18.7. The van der Waals surface area contributed by atoms with Gasteiger partial charge < -0.3 is 0 Å². The lowest BCUT2D eigenvalue weighted by molar-refractivity contribution is 0.265. The van der Waals surface area contributed by atoms with Gasteiger partial charge >= 0.3 is 0 Å². The number of hydrogen-bond acceptors (Lipinski definition) is 6. The first-order chi connectivity index (χ1) is 12.3. The average Bonchev–Trinajstić information content (AvgIpc) is 3.02. The van der Waals surface area contributed by atoms with E-state index >= 15 is 0 Å². The SMILES string of the molecule is CC(C)Cc1ncc(-c2nccnc2CC2CCCN(S(C)(=O)=O)C2)s1. The van der Waals surface area contributed by atoms with Gasteiger partial charge in [0.2, 0.25) is 10.0 Å². The van der Waals surface area contributed by atoms with E-state index in [1.807, 2.05) is 6.20 Å². The first-order valence-corrected chi connectivity index (χ1v) is 11.7. The van der Waals surface area contributed by atoms with Gasteiger partial charge in [0, 0.05) is 38.1 Å². The van der Waals surface area contributed by atoms with Gasteiger partial charge in [-0.1, -0.05) is 13.8 Å². The number of piperidine rings is 1. The van der Waals surface area contributed by atoms with Crippen molar-refractivity contribution in [2.24, 2.45) is 11.8 Å². The van der Waals surface area contributed by atoms with Crippen molar-refractivity contribution in [1.29, 1.82) is 0 Å². The molecule has 1 atom stereocenters. The van der Waals surface area contributed by atoms with Crippen LogP contribution in [-0.2, 0) is 22.9 Å². The van der Waals surface area contributed by atoms with E-state index in [-0.39, 0.29) is 5.92 Å². The van der Waals surface area contributed by atoms with E-state index < -0.39 is 10.0 Å². The van der Waals surface area contributed by atoms with Crippen molar-refractivity contribution in [3.05, 3.63) is 29.3 Å². The van der Waals surface area contributed by atoms with Crippen molar-refractivity contribution >= 4 is 21.4 Å². The maximum absolute atomic E-state index is 11.9. The van der Waals surface area contributed by atoms with Crippen LogP contribution in [0.1, 0.15) is 37.4 Å². The van der Waals surface area contributed by atoms with Crippen molar-refractivity contribution in [3.63, 3.8) is 0 Å². The molecule has 6 nitrogen and oxygen atoms in total. The number of thiazole rings is 1. The van der Waals surface area contributed by atoms with Crippen molar-refractivity contribution in [2.75, 3.05) is 19.3 Å². The zero-order valence-corrected chi connectivity index (χ0v) is 17.2. The molecule has 1 aliphatic heterocycles. The third kappa shape index (κ3) is 4.86. The van der Waals surface area contributed by atoms with Crippen LogP contribution in [0.2, 0.25) is 0 Å². The van der Waals surface area contributed by atoms with Crippen LogP contribution in [0, 0.1) is 11.8 Å². The first kappa shape index (κ1) is 19.4. The predicted octanol–water partition coefficient (Wildman–Crippen LogP) is 3.01. The molecule has 0 N–H and O–H groups in total.